The Morgan fingerprint density at radius 1 is 1.22 bits per heavy atom. The summed E-state index contributed by atoms with van der Waals surface area (Å²) >= 11 is 5.93. The van der Waals surface area contributed by atoms with Gasteiger partial charge in [-0.15, -0.1) is 0 Å². The summed E-state index contributed by atoms with van der Waals surface area (Å²) in [5, 5.41) is 7.90. The average molecular weight is 386 g/mol. The van der Waals surface area contributed by atoms with Gasteiger partial charge in [0.2, 0.25) is 5.91 Å². The van der Waals surface area contributed by atoms with Gasteiger partial charge < -0.3 is 10.2 Å². The monoisotopic (exact) mass is 385 g/mol. The third-order valence-electron chi connectivity index (χ3n) is 4.58. The number of halogens is 1. The van der Waals surface area contributed by atoms with Crippen molar-refractivity contribution in [1.82, 2.24) is 4.90 Å². The SMILES string of the molecule is Cc1cccc(C)c1NC(=O)CN(C)CC1CC(c2ccc(Cl)cc2)=NO1. The zero-order valence-corrected chi connectivity index (χ0v) is 16.6. The first-order valence-electron chi connectivity index (χ1n) is 8.95. The van der Waals surface area contributed by atoms with Crippen LogP contribution in [0.3, 0.4) is 0 Å². The van der Waals surface area contributed by atoms with Gasteiger partial charge in [0, 0.05) is 23.7 Å². The largest absolute Gasteiger partial charge is 0.390 e. The van der Waals surface area contributed by atoms with Crippen LogP contribution in [-0.4, -0.2) is 42.8 Å². The number of carbonyl (C=O) groups excluding carboxylic acids is 1. The van der Waals surface area contributed by atoms with Gasteiger partial charge in [0.15, 0.2) is 0 Å². The van der Waals surface area contributed by atoms with E-state index < -0.39 is 0 Å². The molecule has 2 aromatic rings. The maximum Gasteiger partial charge on any atom is 0.238 e. The third kappa shape index (κ3) is 5.08. The fourth-order valence-electron chi connectivity index (χ4n) is 3.19. The molecule has 142 valence electrons. The highest BCUT2D eigenvalue weighted by Crippen LogP contribution is 2.20. The maximum atomic E-state index is 12.4. The molecular formula is C21H24ClN3O2. The summed E-state index contributed by atoms with van der Waals surface area (Å²) in [7, 11) is 1.91. The molecule has 0 bridgehead atoms. The van der Waals surface area contributed by atoms with E-state index in [-0.39, 0.29) is 12.0 Å². The summed E-state index contributed by atoms with van der Waals surface area (Å²) in [4.78, 5) is 19.9. The van der Waals surface area contributed by atoms with Crippen LogP contribution in [0.25, 0.3) is 0 Å². The van der Waals surface area contributed by atoms with Gasteiger partial charge in [-0.3, -0.25) is 9.69 Å². The first-order chi connectivity index (χ1) is 12.9. The molecule has 0 radical (unpaired) electrons. The molecule has 0 aromatic heterocycles. The van der Waals surface area contributed by atoms with Gasteiger partial charge in [0.1, 0.15) is 6.10 Å². The van der Waals surface area contributed by atoms with Gasteiger partial charge in [-0.1, -0.05) is 47.1 Å². The Morgan fingerprint density at radius 2 is 1.89 bits per heavy atom. The zero-order chi connectivity index (χ0) is 19.4. The molecule has 0 fully saturated rings. The highest BCUT2D eigenvalue weighted by molar-refractivity contribution is 6.30. The summed E-state index contributed by atoms with van der Waals surface area (Å²) in [5.74, 6) is -0.0354. The standard InChI is InChI=1S/C21H24ClN3O2/c1-14-5-4-6-15(2)21(14)23-20(26)13-25(3)12-18-11-19(24-27-18)16-7-9-17(22)10-8-16/h4-10,18H,11-13H2,1-3H3,(H,23,26). The predicted octanol–water partition coefficient (Wildman–Crippen LogP) is 4.02. The summed E-state index contributed by atoms with van der Waals surface area (Å²) in [6.07, 6.45) is 0.651. The number of benzene rings is 2. The van der Waals surface area contributed by atoms with E-state index >= 15 is 0 Å². The van der Waals surface area contributed by atoms with E-state index in [9.17, 15) is 4.79 Å². The number of para-hydroxylation sites is 1. The third-order valence-corrected chi connectivity index (χ3v) is 4.84. The highest BCUT2D eigenvalue weighted by atomic mass is 35.5. The van der Waals surface area contributed by atoms with E-state index in [1.54, 1.807) is 0 Å². The minimum atomic E-state index is -0.0614. The maximum absolute atomic E-state index is 12.4. The van der Waals surface area contributed by atoms with E-state index in [0.29, 0.717) is 24.5 Å². The number of nitrogens with one attached hydrogen (secondary N) is 1. The molecule has 0 aliphatic carbocycles. The van der Waals surface area contributed by atoms with Crippen molar-refractivity contribution in [1.29, 1.82) is 0 Å². The summed E-state index contributed by atoms with van der Waals surface area (Å²) in [5.41, 5.74) is 4.93. The summed E-state index contributed by atoms with van der Waals surface area (Å²) in [6, 6.07) is 13.5. The Morgan fingerprint density at radius 3 is 2.56 bits per heavy atom. The van der Waals surface area contributed by atoms with E-state index in [1.807, 2.05) is 68.3 Å². The van der Waals surface area contributed by atoms with Crippen molar-refractivity contribution in [2.24, 2.45) is 5.16 Å². The number of hydrogen-bond acceptors (Lipinski definition) is 4. The quantitative estimate of drug-likeness (QED) is 0.817. The molecule has 1 atom stereocenters. The predicted molar refractivity (Wildman–Crippen MR) is 110 cm³/mol. The number of anilines is 1. The van der Waals surface area contributed by atoms with Crippen LogP contribution in [0.1, 0.15) is 23.1 Å². The second kappa shape index (κ2) is 8.55. The Hall–Kier alpha value is -2.37. The van der Waals surface area contributed by atoms with Crippen LogP contribution in [-0.2, 0) is 9.63 Å². The minimum absolute atomic E-state index is 0.0354. The van der Waals surface area contributed by atoms with Crippen molar-refractivity contribution in [2.75, 3.05) is 25.5 Å². The number of hydrogen-bond donors (Lipinski definition) is 1. The normalized spacial score (nSPS) is 16.2. The van der Waals surface area contributed by atoms with Gasteiger partial charge in [-0.2, -0.15) is 0 Å². The Labute approximate surface area is 165 Å². The van der Waals surface area contributed by atoms with Crippen molar-refractivity contribution in [3.8, 4) is 0 Å². The minimum Gasteiger partial charge on any atom is -0.390 e. The number of amides is 1. The molecule has 0 spiro atoms. The van der Waals surface area contributed by atoms with E-state index in [1.165, 1.54) is 0 Å². The van der Waals surface area contributed by atoms with Gasteiger partial charge in [0.25, 0.3) is 0 Å². The molecule has 3 rings (SSSR count). The van der Waals surface area contributed by atoms with Gasteiger partial charge in [-0.05, 0) is 49.7 Å². The van der Waals surface area contributed by atoms with Crippen LogP contribution >= 0.6 is 11.6 Å². The molecule has 1 amide bonds. The van der Waals surface area contributed by atoms with E-state index in [4.69, 9.17) is 16.4 Å². The first kappa shape index (κ1) is 19.4. The lowest BCUT2D eigenvalue weighted by molar-refractivity contribution is -0.117. The molecule has 5 nitrogen and oxygen atoms in total. The lowest BCUT2D eigenvalue weighted by Gasteiger charge is -2.20. The molecule has 1 unspecified atom stereocenters. The zero-order valence-electron chi connectivity index (χ0n) is 15.8. The van der Waals surface area contributed by atoms with Crippen LogP contribution in [0.2, 0.25) is 5.02 Å². The Kier molecular flexibility index (Phi) is 6.14. The smallest absolute Gasteiger partial charge is 0.238 e. The molecule has 0 saturated heterocycles. The van der Waals surface area contributed by atoms with Crippen molar-refractivity contribution in [3.63, 3.8) is 0 Å². The van der Waals surface area contributed by atoms with Crippen molar-refractivity contribution in [3.05, 3.63) is 64.2 Å². The molecule has 27 heavy (non-hydrogen) atoms. The summed E-state index contributed by atoms with van der Waals surface area (Å²) in [6.45, 7) is 4.91. The number of aryl methyl sites for hydroxylation is 2. The van der Waals surface area contributed by atoms with Crippen molar-refractivity contribution >= 4 is 28.9 Å². The molecule has 2 aromatic carbocycles. The van der Waals surface area contributed by atoms with Gasteiger partial charge in [-0.25, -0.2) is 0 Å². The second-order valence-corrected chi connectivity index (χ2v) is 7.42. The number of carbonyl (C=O) groups is 1. The lowest BCUT2D eigenvalue weighted by Crippen LogP contribution is -2.36. The molecule has 6 heteroatoms. The molecule has 1 N–H and O–H groups in total. The van der Waals surface area contributed by atoms with E-state index in [2.05, 4.69) is 10.5 Å². The van der Waals surface area contributed by atoms with Crippen LogP contribution in [0, 0.1) is 13.8 Å². The van der Waals surface area contributed by atoms with Crippen LogP contribution < -0.4 is 5.32 Å². The molecule has 1 aliphatic rings. The topological polar surface area (TPSA) is 53.9 Å². The van der Waals surface area contributed by atoms with Crippen LogP contribution in [0.15, 0.2) is 47.6 Å². The highest BCUT2D eigenvalue weighted by Gasteiger charge is 2.24. The number of rotatable bonds is 6. The summed E-state index contributed by atoms with van der Waals surface area (Å²) < 4.78 is 0. The van der Waals surface area contributed by atoms with Crippen molar-refractivity contribution in [2.45, 2.75) is 26.4 Å². The van der Waals surface area contributed by atoms with Crippen LogP contribution in [0.4, 0.5) is 5.69 Å². The van der Waals surface area contributed by atoms with Gasteiger partial charge >= 0.3 is 0 Å². The fourth-order valence-corrected chi connectivity index (χ4v) is 3.31. The average Bonchev–Trinajstić information content (AvgIpc) is 3.07. The number of likely N-dealkylation sites (N-methyl/N-ethyl adjacent to an activating group) is 1. The fraction of sp³-hybridized carbons (Fsp3) is 0.333. The molecular weight excluding hydrogens is 362 g/mol. The molecule has 1 heterocycles. The number of nitrogens with zero attached hydrogens (tertiary/aromatic N) is 2. The van der Waals surface area contributed by atoms with Gasteiger partial charge in [0.05, 0.1) is 12.3 Å². The van der Waals surface area contributed by atoms with E-state index in [0.717, 1.165) is 28.1 Å². The Bertz CT molecular complexity index is 829. The second-order valence-electron chi connectivity index (χ2n) is 6.99. The number of oxime groups is 1. The Balaban J connectivity index is 1.49. The lowest BCUT2D eigenvalue weighted by atomic mass is 10.0. The molecule has 1 aliphatic heterocycles. The first-order valence-corrected chi connectivity index (χ1v) is 9.33. The van der Waals surface area contributed by atoms with Crippen molar-refractivity contribution < 1.29 is 9.63 Å². The van der Waals surface area contributed by atoms with Crippen LogP contribution in [0.5, 0.6) is 0 Å². The molecule has 0 saturated carbocycles.